The predicted octanol–water partition coefficient (Wildman–Crippen LogP) is 4.04. The Bertz CT molecular complexity index is 529. The second kappa shape index (κ2) is 5.20. The Hall–Kier alpha value is -1.57. The minimum Gasteiger partial charge on any atom is -0.379 e. The van der Waals surface area contributed by atoms with Crippen LogP contribution in [0.25, 0.3) is 0 Å². The zero-order valence-electron chi connectivity index (χ0n) is 11.9. The van der Waals surface area contributed by atoms with Gasteiger partial charge in [-0.2, -0.15) is 0 Å². The highest BCUT2D eigenvalue weighted by atomic mass is 14.9. The summed E-state index contributed by atoms with van der Waals surface area (Å²) in [6.45, 7) is 4.34. The molecular weight excluding hydrogens is 232 g/mol. The lowest BCUT2D eigenvalue weighted by Crippen LogP contribution is -2.40. The first kappa shape index (κ1) is 12.5. The molecular formula is C17H22N2. The summed E-state index contributed by atoms with van der Waals surface area (Å²) in [5.74, 6) is 0. The highest BCUT2D eigenvalue weighted by Gasteiger charge is 2.26. The van der Waals surface area contributed by atoms with Crippen molar-refractivity contribution in [2.45, 2.75) is 52.0 Å². The molecule has 3 rings (SSSR count). The molecule has 0 aromatic carbocycles. The number of rotatable bonds is 1. The molecule has 2 aliphatic carbocycles. The number of nitrogens with one attached hydrogen (secondary N) is 1. The van der Waals surface area contributed by atoms with Gasteiger partial charge in [0.05, 0.1) is 6.04 Å². The summed E-state index contributed by atoms with van der Waals surface area (Å²) in [6.07, 6.45) is 14.7. The van der Waals surface area contributed by atoms with Gasteiger partial charge in [0.25, 0.3) is 0 Å². The summed E-state index contributed by atoms with van der Waals surface area (Å²) < 4.78 is 0. The fourth-order valence-electron chi connectivity index (χ4n) is 3.01. The van der Waals surface area contributed by atoms with Gasteiger partial charge < -0.3 is 5.32 Å². The third-order valence-corrected chi connectivity index (χ3v) is 4.12. The number of hydrogen-bond donors (Lipinski definition) is 1. The van der Waals surface area contributed by atoms with E-state index in [0.29, 0.717) is 6.04 Å². The van der Waals surface area contributed by atoms with E-state index in [0.717, 1.165) is 19.3 Å². The molecule has 19 heavy (non-hydrogen) atoms. The van der Waals surface area contributed by atoms with Crippen LogP contribution in [0.5, 0.6) is 0 Å². The third kappa shape index (κ3) is 2.73. The molecule has 1 atom stereocenters. The van der Waals surface area contributed by atoms with Crippen LogP contribution in [0, 0.1) is 0 Å². The second-order valence-electron chi connectivity index (χ2n) is 5.84. The van der Waals surface area contributed by atoms with E-state index in [9.17, 15) is 0 Å². The quantitative estimate of drug-likeness (QED) is 0.750. The zero-order chi connectivity index (χ0) is 13.2. The Morgan fingerprint density at radius 2 is 2.00 bits per heavy atom. The number of allylic oxidation sites excluding steroid dienone is 6. The van der Waals surface area contributed by atoms with E-state index in [4.69, 9.17) is 4.99 Å². The van der Waals surface area contributed by atoms with Crippen LogP contribution < -0.4 is 5.32 Å². The maximum Gasteiger partial charge on any atom is 0.0858 e. The minimum absolute atomic E-state index is 0.352. The topological polar surface area (TPSA) is 24.4 Å². The van der Waals surface area contributed by atoms with Crippen LogP contribution in [0.4, 0.5) is 0 Å². The molecule has 1 unspecified atom stereocenters. The molecule has 0 radical (unpaired) electrons. The number of aliphatic imine (C=N–C) groups is 1. The van der Waals surface area contributed by atoms with E-state index in [-0.39, 0.29) is 0 Å². The first-order valence-electron chi connectivity index (χ1n) is 7.29. The van der Waals surface area contributed by atoms with Gasteiger partial charge in [-0.1, -0.05) is 17.7 Å². The normalized spacial score (nSPS) is 28.7. The number of fused-ring (bicyclic) bond motifs is 1. The van der Waals surface area contributed by atoms with E-state index in [2.05, 4.69) is 43.6 Å². The zero-order valence-corrected chi connectivity index (χ0v) is 11.9. The van der Waals surface area contributed by atoms with Crippen LogP contribution in [0.2, 0.25) is 0 Å². The molecule has 0 spiro atoms. The van der Waals surface area contributed by atoms with Crippen molar-refractivity contribution in [3.05, 3.63) is 46.8 Å². The molecule has 2 nitrogen and oxygen atoms in total. The molecule has 0 aromatic rings. The Balaban J connectivity index is 1.83. The molecule has 0 bridgehead atoms. The average molecular weight is 254 g/mol. The highest BCUT2D eigenvalue weighted by Crippen LogP contribution is 2.28. The number of hydrogen-bond acceptors (Lipinski definition) is 2. The molecule has 0 amide bonds. The first-order valence-corrected chi connectivity index (χ1v) is 7.29. The summed E-state index contributed by atoms with van der Waals surface area (Å²) in [4.78, 5) is 4.94. The lowest BCUT2D eigenvalue weighted by atomic mass is 9.85. The summed E-state index contributed by atoms with van der Waals surface area (Å²) in [6, 6.07) is 0.352. The minimum atomic E-state index is 0.352. The molecule has 1 saturated carbocycles. The van der Waals surface area contributed by atoms with Crippen molar-refractivity contribution in [1.82, 2.24) is 5.32 Å². The van der Waals surface area contributed by atoms with Gasteiger partial charge in [0.15, 0.2) is 0 Å². The van der Waals surface area contributed by atoms with E-state index >= 15 is 0 Å². The van der Waals surface area contributed by atoms with Crippen LogP contribution in [0.1, 0.15) is 46.0 Å². The maximum atomic E-state index is 4.94. The summed E-state index contributed by atoms with van der Waals surface area (Å²) in [5, 5.41) is 3.52. The number of nitrogens with zero attached hydrogens (tertiary/aromatic N) is 1. The van der Waals surface area contributed by atoms with Crippen LogP contribution >= 0.6 is 0 Å². The van der Waals surface area contributed by atoms with Crippen molar-refractivity contribution in [2.75, 3.05) is 0 Å². The monoisotopic (exact) mass is 254 g/mol. The van der Waals surface area contributed by atoms with Crippen LogP contribution in [-0.4, -0.2) is 11.8 Å². The SMILES string of the molecule is CC1=CNC2C(=C1)CCCC2=NC1=CC=C(C)CC1. The van der Waals surface area contributed by atoms with Crippen molar-refractivity contribution < 1.29 is 0 Å². The van der Waals surface area contributed by atoms with Gasteiger partial charge in [-0.3, -0.25) is 4.99 Å². The maximum absolute atomic E-state index is 4.94. The predicted molar refractivity (Wildman–Crippen MR) is 81.1 cm³/mol. The Morgan fingerprint density at radius 1 is 1.11 bits per heavy atom. The lowest BCUT2D eigenvalue weighted by molar-refractivity contribution is 0.670. The molecule has 0 aromatic heterocycles. The van der Waals surface area contributed by atoms with Crippen molar-refractivity contribution in [3.8, 4) is 0 Å². The van der Waals surface area contributed by atoms with E-state index < -0.39 is 0 Å². The van der Waals surface area contributed by atoms with Crippen LogP contribution in [0.3, 0.4) is 0 Å². The van der Waals surface area contributed by atoms with E-state index in [1.807, 2.05) is 0 Å². The van der Waals surface area contributed by atoms with Crippen LogP contribution in [0.15, 0.2) is 51.8 Å². The second-order valence-corrected chi connectivity index (χ2v) is 5.84. The van der Waals surface area contributed by atoms with Crippen molar-refractivity contribution in [2.24, 2.45) is 4.99 Å². The lowest BCUT2D eigenvalue weighted by Gasteiger charge is -2.31. The summed E-state index contributed by atoms with van der Waals surface area (Å²) in [5.41, 5.74) is 6.86. The molecule has 3 aliphatic rings. The van der Waals surface area contributed by atoms with Gasteiger partial charge in [0, 0.05) is 17.6 Å². The van der Waals surface area contributed by atoms with E-state index in [1.165, 1.54) is 41.0 Å². The van der Waals surface area contributed by atoms with Crippen molar-refractivity contribution >= 4 is 5.71 Å². The van der Waals surface area contributed by atoms with Crippen molar-refractivity contribution in [1.29, 1.82) is 0 Å². The summed E-state index contributed by atoms with van der Waals surface area (Å²) >= 11 is 0. The Kier molecular flexibility index (Phi) is 3.41. The number of dihydropyridines is 1. The first-order chi connectivity index (χ1) is 9.22. The highest BCUT2D eigenvalue weighted by molar-refractivity contribution is 5.94. The van der Waals surface area contributed by atoms with Crippen molar-refractivity contribution in [3.63, 3.8) is 0 Å². The standard InChI is InChI=1S/C17H22N2/c1-12-6-8-15(9-7-12)19-16-5-3-4-14-10-13(2)11-18-17(14)16/h6,8,10-11,17-18H,3-5,7,9H2,1-2H3. The van der Waals surface area contributed by atoms with Gasteiger partial charge in [0.2, 0.25) is 0 Å². The molecule has 0 saturated heterocycles. The Morgan fingerprint density at radius 3 is 2.79 bits per heavy atom. The third-order valence-electron chi connectivity index (χ3n) is 4.12. The van der Waals surface area contributed by atoms with E-state index in [1.54, 1.807) is 0 Å². The van der Waals surface area contributed by atoms with Gasteiger partial charge in [-0.25, -0.2) is 0 Å². The fourth-order valence-corrected chi connectivity index (χ4v) is 3.01. The Labute approximate surface area is 115 Å². The largest absolute Gasteiger partial charge is 0.379 e. The van der Waals surface area contributed by atoms with Gasteiger partial charge >= 0.3 is 0 Å². The molecule has 2 heteroatoms. The molecule has 1 aliphatic heterocycles. The van der Waals surface area contributed by atoms with Gasteiger partial charge in [-0.15, -0.1) is 0 Å². The molecule has 1 N–H and O–H groups in total. The van der Waals surface area contributed by atoms with Gasteiger partial charge in [-0.05, 0) is 63.2 Å². The summed E-state index contributed by atoms with van der Waals surface area (Å²) in [7, 11) is 0. The average Bonchev–Trinajstić information content (AvgIpc) is 2.41. The molecule has 1 heterocycles. The van der Waals surface area contributed by atoms with Crippen LogP contribution in [-0.2, 0) is 0 Å². The fraction of sp³-hybridized carbons (Fsp3) is 0.471. The van der Waals surface area contributed by atoms with Gasteiger partial charge in [0.1, 0.15) is 0 Å². The molecule has 100 valence electrons. The molecule has 1 fully saturated rings. The smallest absolute Gasteiger partial charge is 0.0858 e.